The Hall–Kier alpha value is -4.31. The van der Waals surface area contributed by atoms with Gasteiger partial charge in [0.05, 0.1) is 23.0 Å². The van der Waals surface area contributed by atoms with Crippen LogP contribution in [0.25, 0.3) is 22.9 Å². The van der Waals surface area contributed by atoms with Crippen LogP contribution in [0, 0.1) is 24.1 Å². The Kier molecular flexibility index (Phi) is 5.57. The largest absolute Gasteiger partial charge is 0.356 e. The maximum Gasteiger partial charge on any atom is 0.139 e. The zero-order valence-corrected chi connectivity index (χ0v) is 20.0. The minimum atomic E-state index is -0.241. The van der Waals surface area contributed by atoms with Gasteiger partial charge in [0.2, 0.25) is 0 Å². The van der Waals surface area contributed by atoms with Crippen LogP contribution in [-0.4, -0.2) is 33.0 Å². The van der Waals surface area contributed by atoms with Crippen molar-refractivity contribution in [3.8, 4) is 17.3 Å². The number of aryl methyl sites for hydroxylation is 1. The summed E-state index contributed by atoms with van der Waals surface area (Å²) in [6.07, 6.45) is 6.58. The first kappa shape index (κ1) is 22.2. The predicted molar refractivity (Wildman–Crippen MR) is 138 cm³/mol. The number of aromatic amines is 1. The van der Waals surface area contributed by atoms with Crippen LogP contribution in [0.2, 0.25) is 0 Å². The van der Waals surface area contributed by atoms with E-state index in [0.29, 0.717) is 11.5 Å². The molecule has 1 N–H and O–H groups in total. The van der Waals surface area contributed by atoms with Crippen molar-refractivity contribution in [1.82, 2.24) is 19.9 Å². The summed E-state index contributed by atoms with van der Waals surface area (Å²) in [5.74, 6) is 2.09. The molecule has 1 saturated heterocycles. The van der Waals surface area contributed by atoms with Crippen LogP contribution >= 0.6 is 0 Å². The van der Waals surface area contributed by atoms with Gasteiger partial charge in [0, 0.05) is 42.2 Å². The molecule has 0 spiro atoms. The van der Waals surface area contributed by atoms with E-state index in [1.165, 1.54) is 17.7 Å². The van der Waals surface area contributed by atoms with E-state index in [1.54, 1.807) is 18.5 Å². The fourth-order valence-corrected chi connectivity index (χ4v) is 5.24. The molecular formula is C29H25FN6. The van der Waals surface area contributed by atoms with Gasteiger partial charge in [-0.2, -0.15) is 5.26 Å². The second kappa shape index (κ2) is 9.04. The normalized spacial score (nSPS) is 15.5. The number of nitrogens with zero attached hydrogens (tertiary/aromatic N) is 5. The standard InChI is InChI=1S/C29H25FN6/c1-18-27(21-6-8-24(30)9-7-21)35-28(34-18)22-10-12-36(13-11-22)29-25-14-23(15-26(25)32-17-33-29)20-4-2-19(16-31)3-5-20/h2-9,14,17,22H,10-13,15H2,1H3,(H,34,35). The van der Waals surface area contributed by atoms with Gasteiger partial charge in [0.25, 0.3) is 0 Å². The maximum atomic E-state index is 13.3. The average Bonchev–Trinajstić information content (AvgIpc) is 3.53. The smallest absolute Gasteiger partial charge is 0.139 e. The highest BCUT2D eigenvalue weighted by atomic mass is 19.1. The minimum Gasteiger partial charge on any atom is -0.356 e. The van der Waals surface area contributed by atoms with Gasteiger partial charge in [-0.3, -0.25) is 0 Å². The Morgan fingerprint density at radius 1 is 1.00 bits per heavy atom. The van der Waals surface area contributed by atoms with E-state index in [-0.39, 0.29) is 5.82 Å². The molecule has 0 amide bonds. The summed E-state index contributed by atoms with van der Waals surface area (Å²) in [5, 5.41) is 9.08. The molecule has 1 aliphatic heterocycles. The summed E-state index contributed by atoms with van der Waals surface area (Å²) in [7, 11) is 0. The molecule has 2 aromatic heterocycles. The van der Waals surface area contributed by atoms with Crippen LogP contribution in [0.3, 0.4) is 0 Å². The summed E-state index contributed by atoms with van der Waals surface area (Å²) in [6.45, 7) is 3.80. The molecule has 2 aliphatic rings. The van der Waals surface area contributed by atoms with E-state index >= 15 is 0 Å². The van der Waals surface area contributed by atoms with Crippen molar-refractivity contribution in [3.05, 3.63) is 94.6 Å². The number of hydrogen-bond donors (Lipinski definition) is 1. The first-order valence-corrected chi connectivity index (χ1v) is 12.2. The molecule has 0 unspecified atom stereocenters. The number of anilines is 1. The summed E-state index contributed by atoms with van der Waals surface area (Å²) >= 11 is 0. The second-order valence-electron chi connectivity index (χ2n) is 9.46. The Labute approximate surface area is 209 Å². The molecule has 0 atom stereocenters. The zero-order valence-electron chi connectivity index (χ0n) is 20.0. The van der Waals surface area contributed by atoms with Gasteiger partial charge < -0.3 is 9.88 Å². The lowest BCUT2D eigenvalue weighted by Gasteiger charge is -2.32. The Bertz CT molecular complexity index is 1490. The number of fused-ring (bicyclic) bond motifs is 1. The van der Waals surface area contributed by atoms with Crippen molar-refractivity contribution < 1.29 is 4.39 Å². The molecular weight excluding hydrogens is 451 g/mol. The van der Waals surface area contributed by atoms with E-state index in [1.807, 2.05) is 31.2 Å². The number of nitriles is 1. The second-order valence-corrected chi connectivity index (χ2v) is 9.46. The monoisotopic (exact) mass is 476 g/mol. The van der Waals surface area contributed by atoms with Crippen LogP contribution in [0.4, 0.5) is 10.2 Å². The average molecular weight is 477 g/mol. The van der Waals surface area contributed by atoms with Gasteiger partial charge in [0.1, 0.15) is 23.8 Å². The van der Waals surface area contributed by atoms with Crippen molar-refractivity contribution in [1.29, 1.82) is 5.26 Å². The van der Waals surface area contributed by atoms with Gasteiger partial charge >= 0.3 is 0 Å². The molecule has 0 radical (unpaired) electrons. The fraction of sp³-hybridized carbons (Fsp3) is 0.241. The number of imidazole rings is 1. The molecule has 1 fully saturated rings. The Morgan fingerprint density at radius 3 is 2.44 bits per heavy atom. The van der Waals surface area contributed by atoms with Crippen molar-refractivity contribution in [2.75, 3.05) is 18.0 Å². The molecule has 6 nitrogen and oxygen atoms in total. The van der Waals surface area contributed by atoms with Crippen molar-refractivity contribution in [2.45, 2.75) is 32.1 Å². The number of H-pyrrole nitrogens is 1. The van der Waals surface area contributed by atoms with E-state index < -0.39 is 0 Å². The van der Waals surface area contributed by atoms with Gasteiger partial charge in [-0.1, -0.05) is 12.1 Å². The first-order chi connectivity index (χ1) is 17.6. The van der Waals surface area contributed by atoms with Crippen LogP contribution in [-0.2, 0) is 6.42 Å². The van der Waals surface area contributed by atoms with Gasteiger partial charge in [0.15, 0.2) is 0 Å². The zero-order chi connectivity index (χ0) is 24.6. The lowest BCUT2D eigenvalue weighted by molar-refractivity contribution is 0.486. The highest BCUT2D eigenvalue weighted by Gasteiger charge is 2.28. The molecule has 178 valence electrons. The van der Waals surface area contributed by atoms with Crippen molar-refractivity contribution in [3.63, 3.8) is 0 Å². The van der Waals surface area contributed by atoms with Gasteiger partial charge in [-0.05, 0) is 73.4 Å². The summed E-state index contributed by atoms with van der Waals surface area (Å²) in [6, 6.07) is 16.4. The van der Waals surface area contributed by atoms with Gasteiger partial charge in [-0.15, -0.1) is 0 Å². The Morgan fingerprint density at radius 2 is 1.72 bits per heavy atom. The molecule has 3 heterocycles. The predicted octanol–water partition coefficient (Wildman–Crippen LogP) is 5.67. The fourth-order valence-electron chi connectivity index (χ4n) is 5.24. The summed E-state index contributed by atoms with van der Waals surface area (Å²) in [5.41, 5.74) is 7.95. The quantitative estimate of drug-likeness (QED) is 0.411. The number of allylic oxidation sites excluding steroid dienone is 1. The summed E-state index contributed by atoms with van der Waals surface area (Å²) < 4.78 is 13.3. The molecule has 6 rings (SSSR count). The third-order valence-corrected chi connectivity index (χ3v) is 7.21. The maximum absolute atomic E-state index is 13.3. The summed E-state index contributed by atoms with van der Waals surface area (Å²) in [4.78, 5) is 19.9. The number of halogens is 1. The third kappa shape index (κ3) is 4.05. The molecule has 4 aromatic rings. The topological polar surface area (TPSA) is 81.5 Å². The molecule has 2 aromatic carbocycles. The lowest BCUT2D eigenvalue weighted by atomic mass is 9.96. The number of rotatable bonds is 4. The van der Waals surface area contributed by atoms with Crippen LogP contribution < -0.4 is 4.90 Å². The van der Waals surface area contributed by atoms with Crippen LogP contribution in [0.5, 0.6) is 0 Å². The molecule has 0 saturated carbocycles. The van der Waals surface area contributed by atoms with Gasteiger partial charge in [-0.25, -0.2) is 19.3 Å². The van der Waals surface area contributed by atoms with E-state index in [4.69, 9.17) is 10.2 Å². The van der Waals surface area contributed by atoms with E-state index in [9.17, 15) is 4.39 Å². The highest BCUT2D eigenvalue weighted by Crippen LogP contribution is 2.37. The van der Waals surface area contributed by atoms with Crippen LogP contribution in [0.15, 0.2) is 54.9 Å². The van der Waals surface area contributed by atoms with Crippen molar-refractivity contribution >= 4 is 17.5 Å². The third-order valence-electron chi connectivity index (χ3n) is 7.21. The number of piperidine rings is 1. The molecule has 1 aliphatic carbocycles. The molecule has 7 heteroatoms. The van der Waals surface area contributed by atoms with Crippen LogP contribution in [0.1, 0.15) is 52.7 Å². The van der Waals surface area contributed by atoms with E-state index in [2.05, 4.69) is 32.0 Å². The highest BCUT2D eigenvalue weighted by molar-refractivity contribution is 5.91. The number of aromatic nitrogens is 4. The number of nitrogens with one attached hydrogen (secondary N) is 1. The first-order valence-electron chi connectivity index (χ1n) is 12.2. The molecule has 0 bridgehead atoms. The lowest BCUT2D eigenvalue weighted by Crippen LogP contribution is -2.34. The SMILES string of the molecule is Cc1[nH]c(C2CCN(c3ncnc4c3C=C(c3ccc(C#N)cc3)C4)CC2)nc1-c1ccc(F)cc1. The van der Waals surface area contributed by atoms with E-state index in [0.717, 1.165) is 77.8 Å². The number of hydrogen-bond acceptors (Lipinski definition) is 5. The van der Waals surface area contributed by atoms with Crippen molar-refractivity contribution in [2.24, 2.45) is 0 Å². The Balaban J connectivity index is 1.19. The number of benzene rings is 2. The molecule has 36 heavy (non-hydrogen) atoms. The minimum absolute atomic E-state index is 0.241.